The van der Waals surface area contributed by atoms with Gasteiger partial charge in [0.2, 0.25) is 0 Å². The standard InChI is InChI=1S/C12H18N2OS/c1-10-8-11(9-16-10)12(15)13-4-7-14-5-2-3-6-14/h8-9H,2-7H2,1H3,(H,13,15). The molecule has 0 radical (unpaired) electrons. The molecule has 1 aliphatic rings. The second-order valence-electron chi connectivity index (χ2n) is 4.25. The summed E-state index contributed by atoms with van der Waals surface area (Å²) in [6.45, 7) is 6.13. The second kappa shape index (κ2) is 5.46. The van der Waals surface area contributed by atoms with E-state index in [9.17, 15) is 4.79 Å². The molecule has 0 aliphatic carbocycles. The Hall–Kier alpha value is -0.870. The number of carbonyl (C=O) groups is 1. The molecular weight excluding hydrogens is 220 g/mol. The minimum atomic E-state index is 0.0588. The molecule has 0 atom stereocenters. The van der Waals surface area contributed by atoms with Crippen molar-refractivity contribution in [3.05, 3.63) is 21.9 Å². The van der Waals surface area contributed by atoms with Crippen LogP contribution in [0.3, 0.4) is 0 Å². The minimum Gasteiger partial charge on any atom is -0.351 e. The van der Waals surface area contributed by atoms with E-state index in [0.29, 0.717) is 0 Å². The van der Waals surface area contributed by atoms with Crippen LogP contribution >= 0.6 is 11.3 Å². The summed E-state index contributed by atoms with van der Waals surface area (Å²) in [5.74, 6) is 0.0588. The number of nitrogens with one attached hydrogen (secondary N) is 1. The lowest BCUT2D eigenvalue weighted by molar-refractivity contribution is 0.0950. The number of carbonyl (C=O) groups excluding carboxylic acids is 1. The van der Waals surface area contributed by atoms with Crippen LogP contribution in [0, 0.1) is 6.92 Å². The van der Waals surface area contributed by atoms with Crippen molar-refractivity contribution in [2.45, 2.75) is 19.8 Å². The summed E-state index contributed by atoms with van der Waals surface area (Å²) >= 11 is 1.62. The number of likely N-dealkylation sites (tertiary alicyclic amines) is 1. The summed E-state index contributed by atoms with van der Waals surface area (Å²) in [7, 11) is 0. The average Bonchev–Trinajstić information content (AvgIpc) is 2.89. The van der Waals surface area contributed by atoms with Crippen LogP contribution < -0.4 is 5.32 Å². The molecule has 1 aromatic heterocycles. The smallest absolute Gasteiger partial charge is 0.252 e. The van der Waals surface area contributed by atoms with E-state index in [-0.39, 0.29) is 5.91 Å². The Balaban J connectivity index is 1.71. The van der Waals surface area contributed by atoms with Gasteiger partial charge in [0, 0.05) is 23.3 Å². The highest BCUT2D eigenvalue weighted by atomic mass is 32.1. The third-order valence-electron chi connectivity index (χ3n) is 2.91. The third-order valence-corrected chi connectivity index (χ3v) is 3.77. The molecular formula is C12H18N2OS. The van der Waals surface area contributed by atoms with Crippen LogP contribution in [0.1, 0.15) is 28.1 Å². The first-order chi connectivity index (χ1) is 7.75. The highest BCUT2D eigenvalue weighted by molar-refractivity contribution is 7.10. The number of nitrogens with zero attached hydrogens (tertiary/aromatic N) is 1. The van der Waals surface area contributed by atoms with Crippen LogP contribution in [-0.2, 0) is 0 Å². The van der Waals surface area contributed by atoms with Gasteiger partial charge in [-0.3, -0.25) is 4.79 Å². The van der Waals surface area contributed by atoms with Gasteiger partial charge in [-0.05, 0) is 38.9 Å². The molecule has 2 heterocycles. The van der Waals surface area contributed by atoms with Gasteiger partial charge in [0.25, 0.3) is 5.91 Å². The predicted molar refractivity (Wildman–Crippen MR) is 67.1 cm³/mol. The first kappa shape index (κ1) is 11.6. The van der Waals surface area contributed by atoms with E-state index in [4.69, 9.17) is 0 Å². The zero-order valence-electron chi connectivity index (χ0n) is 9.66. The zero-order valence-corrected chi connectivity index (χ0v) is 10.5. The second-order valence-corrected chi connectivity index (χ2v) is 5.37. The maximum absolute atomic E-state index is 11.7. The Bertz CT molecular complexity index is 356. The van der Waals surface area contributed by atoms with Gasteiger partial charge in [-0.15, -0.1) is 11.3 Å². The molecule has 0 bridgehead atoms. The normalized spacial score (nSPS) is 16.6. The van der Waals surface area contributed by atoms with Crippen molar-refractivity contribution in [2.75, 3.05) is 26.2 Å². The molecule has 1 N–H and O–H groups in total. The van der Waals surface area contributed by atoms with Gasteiger partial charge >= 0.3 is 0 Å². The van der Waals surface area contributed by atoms with E-state index in [1.54, 1.807) is 11.3 Å². The Labute approximate surface area is 100 Å². The molecule has 0 saturated carbocycles. The maximum atomic E-state index is 11.7. The van der Waals surface area contributed by atoms with Crippen molar-refractivity contribution >= 4 is 17.2 Å². The van der Waals surface area contributed by atoms with Gasteiger partial charge in [-0.25, -0.2) is 0 Å². The Morgan fingerprint density at radius 1 is 1.50 bits per heavy atom. The van der Waals surface area contributed by atoms with Crippen molar-refractivity contribution < 1.29 is 4.79 Å². The summed E-state index contributed by atoms with van der Waals surface area (Å²) in [5.41, 5.74) is 0.795. The van der Waals surface area contributed by atoms with E-state index in [0.717, 1.165) is 18.7 Å². The van der Waals surface area contributed by atoms with Crippen LogP contribution in [0.2, 0.25) is 0 Å². The van der Waals surface area contributed by atoms with Gasteiger partial charge in [0.1, 0.15) is 0 Å². The van der Waals surface area contributed by atoms with Gasteiger partial charge in [0.15, 0.2) is 0 Å². The fourth-order valence-electron chi connectivity index (χ4n) is 2.00. The molecule has 88 valence electrons. The monoisotopic (exact) mass is 238 g/mol. The van der Waals surface area contributed by atoms with E-state index in [1.807, 2.05) is 18.4 Å². The number of thiophene rings is 1. The van der Waals surface area contributed by atoms with Crippen molar-refractivity contribution in [1.29, 1.82) is 0 Å². The Morgan fingerprint density at radius 2 is 2.25 bits per heavy atom. The van der Waals surface area contributed by atoms with Gasteiger partial charge in [-0.1, -0.05) is 0 Å². The van der Waals surface area contributed by atoms with Gasteiger partial charge < -0.3 is 10.2 Å². The highest BCUT2D eigenvalue weighted by Crippen LogP contribution is 2.12. The lowest BCUT2D eigenvalue weighted by atomic mass is 10.3. The highest BCUT2D eigenvalue weighted by Gasteiger charge is 2.11. The Morgan fingerprint density at radius 3 is 2.88 bits per heavy atom. The number of amides is 1. The van der Waals surface area contributed by atoms with E-state index in [2.05, 4.69) is 10.2 Å². The lowest BCUT2D eigenvalue weighted by Crippen LogP contribution is -2.33. The third kappa shape index (κ3) is 3.06. The zero-order chi connectivity index (χ0) is 11.4. The molecule has 1 aromatic rings. The Kier molecular flexibility index (Phi) is 3.96. The molecule has 1 saturated heterocycles. The largest absolute Gasteiger partial charge is 0.351 e. The van der Waals surface area contributed by atoms with Crippen molar-refractivity contribution in [3.63, 3.8) is 0 Å². The maximum Gasteiger partial charge on any atom is 0.252 e. The van der Waals surface area contributed by atoms with Gasteiger partial charge in [0.05, 0.1) is 5.56 Å². The van der Waals surface area contributed by atoms with Crippen molar-refractivity contribution in [1.82, 2.24) is 10.2 Å². The number of hydrogen-bond acceptors (Lipinski definition) is 3. The van der Waals surface area contributed by atoms with Crippen LogP contribution in [0.5, 0.6) is 0 Å². The molecule has 0 aromatic carbocycles. The quantitative estimate of drug-likeness (QED) is 0.868. The molecule has 1 fully saturated rings. The SMILES string of the molecule is Cc1cc(C(=O)NCCN2CCCC2)cs1. The average molecular weight is 238 g/mol. The van der Waals surface area contributed by atoms with Crippen molar-refractivity contribution in [2.24, 2.45) is 0 Å². The van der Waals surface area contributed by atoms with E-state index >= 15 is 0 Å². The van der Waals surface area contributed by atoms with Crippen molar-refractivity contribution in [3.8, 4) is 0 Å². The summed E-state index contributed by atoms with van der Waals surface area (Å²) in [4.78, 5) is 15.3. The van der Waals surface area contributed by atoms with E-state index < -0.39 is 0 Å². The number of aryl methyl sites for hydroxylation is 1. The molecule has 16 heavy (non-hydrogen) atoms. The molecule has 2 rings (SSSR count). The molecule has 0 spiro atoms. The van der Waals surface area contributed by atoms with Crippen LogP contribution in [0.25, 0.3) is 0 Å². The van der Waals surface area contributed by atoms with Crippen LogP contribution in [0.15, 0.2) is 11.4 Å². The first-order valence-corrected chi connectivity index (χ1v) is 6.69. The number of hydrogen-bond donors (Lipinski definition) is 1. The fraction of sp³-hybridized carbons (Fsp3) is 0.583. The fourth-order valence-corrected chi connectivity index (χ4v) is 2.68. The number of rotatable bonds is 4. The molecule has 0 unspecified atom stereocenters. The summed E-state index contributed by atoms with van der Waals surface area (Å²) in [6.07, 6.45) is 2.61. The lowest BCUT2D eigenvalue weighted by Gasteiger charge is -2.14. The topological polar surface area (TPSA) is 32.3 Å². The summed E-state index contributed by atoms with van der Waals surface area (Å²) in [5, 5.41) is 4.88. The first-order valence-electron chi connectivity index (χ1n) is 5.81. The minimum absolute atomic E-state index is 0.0588. The van der Waals surface area contributed by atoms with E-state index in [1.165, 1.54) is 30.8 Å². The molecule has 3 nitrogen and oxygen atoms in total. The van der Waals surface area contributed by atoms with Crippen LogP contribution in [0.4, 0.5) is 0 Å². The molecule has 1 aliphatic heterocycles. The molecule has 4 heteroatoms. The summed E-state index contributed by atoms with van der Waals surface area (Å²) in [6, 6.07) is 1.94. The van der Waals surface area contributed by atoms with Gasteiger partial charge in [-0.2, -0.15) is 0 Å². The predicted octanol–water partition coefficient (Wildman–Crippen LogP) is 1.88. The molecule has 1 amide bonds. The van der Waals surface area contributed by atoms with Crippen LogP contribution in [-0.4, -0.2) is 37.0 Å². The summed E-state index contributed by atoms with van der Waals surface area (Å²) < 4.78 is 0.